The third kappa shape index (κ3) is 4.64. The minimum Gasteiger partial charge on any atom is -0.493 e. The second-order valence-electron chi connectivity index (χ2n) is 4.67. The third-order valence-corrected chi connectivity index (χ3v) is 3.78. The van der Waals surface area contributed by atoms with Crippen LogP contribution in [0.1, 0.15) is 5.56 Å². The molecule has 2 aromatic carbocycles. The highest BCUT2D eigenvalue weighted by molar-refractivity contribution is 14.1. The first-order chi connectivity index (χ1) is 11.6. The standard InChI is InChI=1S/C18H17IO5/c1-21-15-9-12(10-16(22-2)18(15)23-3)7-8-17(20)24-14-6-4-5-13(19)11-14/h4-11H,1-3H3/b8-7+. The van der Waals surface area contributed by atoms with E-state index >= 15 is 0 Å². The molecule has 0 fully saturated rings. The van der Waals surface area contributed by atoms with Crippen LogP contribution >= 0.6 is 22.6 Å². The Bertz CT molecular complexity index is 730. The predicted octanol–water partition coefficient (Wildman–Crippen LogP) is 3.94. The number of halogens is 1. The molecule has 0 amide bonds. The molecule has 0 radical (unpaired) electrons. The molecule has 0 saturated carbocycles. The van der Waals surface area contributed by atoms with Crippen molar-refractivity contribution >= 4 is 34.6 Å². The van der Waals surface area contributed by atoms with Gasteiger partial charge in [-0.3, -0.25) is 0 Å². The molecule has 0 spiro atoms. The van der Waals surface area contributed by atoms with Crippen molar-refractivity contribution in [2.75, 3.05) is 21.3 Å². The van der Waals surface area contributed by atoms with Gasteiger partial charge in [0.25, 0.3) is 0 Å². The van der Waals surface area contributed by atoms with Crippen LogP contribution in [0.2, 0.25) is 0 Å². The van der Waals surface area contributed by atoms with E-state index in [-0.39, 0.29) is 0 Å². The Labute approximate surface area is 154 Å². The van der Waals surface area contributed by atoms with Crippen LogP contribution in [0.25, 0.3) is 6.08 Å². The van der Waals surface area contributed by atoms with Crippen molar-refractivity contribution in [2.45, 2.75) is 0 Å². The van der Waals surface area contributed by atoms with Gasteiger partial charge >= 0.3 is 5.97 Å². The molecule has 2 aromatic rings. The molecule has 5 nitrogen and oxygen atoms in total. The average molecular weight is 440 g/mol. The summed E-state index contributed by atoms with van der Waals surface area (Å²) < 4.78 is 22.1. The van der Waals surface area contributed by atoms with Crippen LogP contribution in [-0.4, -0.2) is 27.3 Å². The maximum absolute atomic E-state index is 11.9. The van der Waals surface area contributed by atoms with Gasteiger partial charge in [0.15, 0.2) is 11.5 Å². The Morgan fingerprint density at radius 1 is 1.00 bits per heavy atom. The lowest BCUT2D eigenvalue weighted by Gasteiger charge is -2.12. The molecule has 0 unspecified atom stereocenters. The Balaban J connectivity index is 2.17. The number of hydrogen-bond donors (Lipinski definition) is 0. The summed E-state index contributed by atoms with van der Waals surface area (Å²) in [6.45, 7) is 0. The Morgan fingerprint density at radius 2 is 1.67 bits per heavy atom. The summed E-state index contributed by atoms with van der Waals surface area (Å²) in [6.07, 6.45) is 2.97. The fraction of sp³-hybridized carbons (Fsp3) is 0.167. The van der Waals surface area contributed by atoms with Crippen LogP contribution < -0.4 is 18.9 Å². The second-order valence-corrected chi connectivity index (χ2v) is 5.92. The van der Waals surface area contributed by atoms with E-state index in [4.69, 9.17) is 18.9 Å². The molecule has 2 rings (SSSR count). The van der Waals surface area contributed by atoms with Gasteiger partial charge in [0, 0.05) is 9.65 Å². The first-order valence-corrected chi connectivity index (χ1v) is 8.10. The number of esters is 1. The summed E-state index contributed by atoms with van der Waals surface area (Å²) in [7, 11) is 4.61. The number of carbonyl (C=O) groups is 1. The first kappa shape index (κ1) is 18.1. The van der Waals surface area contributed by atoms with Crippen LogP contribution in [0.4, 0.5) is 0 Å². The maximum Gasteiger partial charge on any atom is 0.336 e. The highest BCUT2D eigenvalue weighted by atomic mass is 127. The Kier molecular flexibility index (Phi) is 6.48. The second kappa shape index (κ2) is 8.58. The molecular formula is C18H17IO5. The molecule has 0 N–H and O–H groups in total. The van der Waals surface area contributed by atoms with Crippen LogP contribution in [0.3, 0.4) is 0 Å². The lowest BCUT2D eigenvalue weighted by atomic mass is 10.1. The average Bonchev–Trinajstić information content (AvgIpc) is 2.58. The molecule has 24 heavy (non-hydrogen) atoms. The van der Waals surface area contributed by atoms with E-state index in [1.807, 2.05) is 12.1 Å². The molecule has 0 heterocycles. The molecule has 126 valence electrons. The molecule has 0 aromatic heterocycles. The molecule has 0 aliphatic heterocycles. The zero-order chi connectivity index (χ0) is 17.5. The van der Waals surface area contributed by atoms with Crippen molar-refractivity contribution < 1.29 is 23.7 Å². The molecule has 6 heteroatoms. The smallest absolute Gasteiger partial charge is 0.336 e. The summed E-state index contributed by atoms with van der Waals surface area (Å²) in [5.74, 6) is 1.57. The van der Waals surface area contributed by atoms with E-state index in [1.54, 1.807) is 30.3 Å². The topological polar surface area (TPSA) is 54.0 Å². The molecular weight excluding hydrogens is 423 g/mol. The maximum atomic E-state index is 11.9. The van der Waals surface area contributed by atoms with E-state index in [0.29, 0.717) is 23.0 Å². The van der Waals surface area contributed by atoms with Crippen LogP contribution in [-0.2, 0) is 4.79 Å². The SMILES string of the molecule is COc1cc(/C=C/C(=O)Oc2cccc(I)c2)cc(OC)c1OC. The Hall–Kier alpha value is -2.22. The number of ether oxygens (including phenoxy) is 4. The van der Waals surface area contributed by atoms with E-state index in [1.165, 1.54) is 27.4 Å². The van der Waals surface area contributed by atoms with Crippen LogP contribution in [0.15, 0.2) is 42.5 Å². The van der Waals surface area contributed by atoms with E-state index in [2.05, 4.69) is 22.6 Å². The van der Waals surface area contributed by atoms with Crippen molar-refractivity contribution in [2.24, 2.45) is 0 Å². The molecule has 0 atom stereocenters. The van der Waals surface area contributed by atoms with Crippen molar-refractivity contribution in [3.05, 3.63) is 51.6 Å². The van der Waals surface area contributed by atoms with Crippen molar-refractivity contribution in [1.29, 1.82) is 0 Å². The third-order valence-electron chi connectivity index (χ3n) is 3.11. The van der Waals surface area contributed by atoms with Gasteiger partial charge in [0.05, 0.1) is 21.3 Å². The zero-order valence-corrected chi connectivity index (χ0v) is 15.7. The van der Waals surface area contributed by atoms with Gasteiger partial charge < -0.3 is 18.9 Å². The van der Waals surface area contributed by atoms with Crippen LogP contribution in [0.5, 0.6) is 23.0 Å². The van der Waals surface area contributed by atoms with Gasteiger partial charge in [-0.2, -0.15) is 0 Å². The fourth-order valence-corrected chi connectivity index (χ4v) is 2.56. The largest absolute Gasteiger partial charge is 0.493 e. The summed E-state index contributed by atoms with van der Waals surface area (Å²) in [5.41, 5.74) is 0.726. The normalized spacial score (nSPS) is 10.5. The van der Waals surface area contributed by atoms with E-state index in [0.717, 1.165) is 9.13 Å². The summed E-state index contributed by atoms with van der Waals surface area (Å²) in [4.78, 5) is 11.9. The van der Waals surface area contributed by atoms with Gasteiger partial charge in [-0.25, -0.2) is 4.79 Å². The quantitative estimate of drug-likeness (QED) is 0.295. The molecule has 0 aliphatic carbocycles. The number of rotatable bonds is 6. The Morgan fingerprint density at radius 3 is 2.21 bits per heavy atom. The summed E-state index contributed by atoms with van der Waals surface area (Å²) >= 11 is 2.16. The van der Waals surface area contributed by atoms with Crippen molar-refractivity contribution in [1.82, 2.24) is 0 Å². The lowest BCUT2D eigenvalue weighted by molar-refractivity contribution is -0.128. The highest BCUT2D eigenvalue weighted by Gasteiger charge is 2.12. The predicted molar refractivity (Wildman–Crippen MR) is 99.9 cm³/mol. The number of benzene rings is 2. The zero-order valence-electron chi connectivity index (χ0n) is 13.5. The molecule has 0 bridgehead atoms. The molecule has 0 saturated heterocycles. The summed E-state index contributed by atoms with van der Waals surface area (Å²) in [6, 6.07) is 10.8. The minimum atomic E-state index is -0.467. The van der Waals surface area contributed by atoms with Gasteiger partial charge in [-0.15, -0.1) is 0 Å². The van der Waals surface area contributed by atoms with E-state index < -0.39 is 5.97 Å². The van der Waals surface area contributed by atoms with Gasteiger partial charge in [0.2, 0.25) is 5.75 Å². The summed E-state index contributed by atoms with van der Waals surface area (Å²) in [5, 5.41) is 0. The van der Waals surface area contributed by atoms with E-state index in [9.17, 15) is 4.79 Å². The van der Waals surface area contributed by atoms with Gasteiger partial charge in [0.1, 0.15) is 5.75 Å². The van der Waals surface area contributed by atoms with Crippen molar-refractivity contribution in [3.8, 4) is 23.0 Å². The first-order valence-electron chi connectivity index (χ1n) is 7.03. The minimum absolute atomic E-state index is 0.467. The van der Waals surface area contributed by atoms with Gasteiger partial charge in [-0.05, 0) is 64.6 Å². The highest BCUT2D eigenvalue weighted by Crippen LogP contribution is 2.38. The number of hydrogen-bond acceptors (Lipinski definition) is 5. The van der Waals surface area contributed by atoms with Crippen LogP contribution in [0, 0.1) is 3.57 Å². The number of methoxy groups -OCH3 is 3. The molecule has 0 aliphatic rings. The van der Waals surface area contributed by atoms with Gasteiger partial charge in [-0.1, -0.05) is 6.07 Å². The fourth-order valence-electron chi connectivity index (χ4n) is 2.04. The monoisotopic (exact) mass is 440 g/mol. The lowest BCUT2D eigenvalue weighted by Crippen LogP contribution is -2.03. The number of carbonyl (C=O) groups excluding carboxylic acids is 1. The van der Waals surface area contributed by atoms with Crippen molar-refractivity contribution in [3.63, 3.8) is 0 Å².